The Morgan fingerprint density at radius 1 is 1.40 bits per heavy atom. The predicted molar refractivity (Wildman–Crippen MR) is 71.4 cm³/mol. The fourth-order valence-electron chi connectivity index (χ4n) is 2.17. The third kappa shape index (κ3) is 2.13. The highest BCUT2D eigenvalue weighted by molar-refractivity contribution is 6.00. The van der Waals surface area contributed by atoms with E-state index in [1.807, 2.05) is 25.5 Å². The smallest absolute Gasteiger partial charge is 0.338 e. The standard InChI is InChI=1S/C13H13N5O2/c1-17-8-9(7-14-17)5-6-18-11-4-2-3-10(13(19)20)12(11)15-16-18/h2-4,7-8H,5-6H2,1H3,(H,19,20). The zero-order valence-corrected chi connectivity index (χ0v) is 10.9. The number of fused-ring (bicyclic) bond motifs is 1. The van der Waals surface area contributed by atoms with Gasteiger partial charge in [0.15, 0.2) is 0 Å². The summed E-state index contributed by atoms with van der Waals surface area (Å²) in [6.45, 7) is 0.630. The molecule has 7 nitrogen and oxygen atoms in total. The summed E-state index contributed by atoms with van der Waals surface area (Å²) in [5, 5.41) is 21.2. The molecule has 3 rings (SSSR count). The summed E-state index contributed by atoms with van der Waals surface area (Å²) in [6.07, 6.45) is 4.52. The molecule has 102 valence electrons. The molecule has 0 amide bonds. The predicted octanol–water partition coefficient (Wildman–Crippen LogP) is 1.11. The van der Waals surface area contributed by atoms with Crippen LogP contribution in [0.25, 0.3) is 11.0 Å². The second kappa shape index (κ2) is 4.76. The van der Waals surface area contributed by atoms with Crippen molar-refractivity contribution in [2.75, 3.05) is 0 Å². The number of carboxylic acid groups (broad SMARTS) is 1. The largest absolute Gasteiger partial charge is 0.478 e. The van der Waals surface area contributed by atoms with E-state index in [-0.39, 0.29) is 5.56 Å². The van der Waals surface area contributed by atoms with Gasteiger partial charge in [-0.3, -0.25) is 4.68 Å². The van der Waals surface area contributed by atoms with Crippen LogP contribution in [0.2, 0.25) is 0 Å². The second-order valence-corrected chi connectivity index (χ2v) is 4.56. The lowest BCUT2D eigenvalue weighted by molar-refractivity contribution is 0.0699. The molecule has 3 aromatic rings. The number of hydrogen-bond acceptors (Lipinski definition) is 4. The van der Waals surface area contributed by atoms with Crippen molar-refractivity contribution in [2.24, 2.45) is 7.05 Å². The van der Waals surface area contributed by atoms with Crippen LogP contribution in [0.3, 0.4) is 0 Å². The van der Waals surface area contributed by atoms with Crippen molar-refractivity contribution in [1.82, 2.24) is 24.8 Å². The van der Waals surface area contributed by atoms with Crippen molar-refractivity contribution in [3.05, 3.63) is 41.7 Å². The Kier molecular flexibility index (Phi) is 2.94. The van der Waals surface area contributed by atoms with Crippen LogP contribution in [0, 0.1) is 0 Å². The lowest BCUT2D eigenvalue weighted by Crippen LogP contribution is -2.03. The van der Waals surface area contributed by atoms with E-state index in [1.54, 1.807) is 15.4 Å². The van der Waals surface area contributed by atoms with Gasteiger partial charge in [0.1, 0.15) is 5.52 Å². The van der Waals surface area contributed by atoms with Gasteiger partial charge in [0.2, 0.25) is 0 Å². The maximum atomic E-state index is 11.1. The first-order valence-electron chi connectivity index (χ1n) is 6.18. The zero-order valence-electron chi connectivity index (χ0n) is 10.9. The lowest BCUT2D eigenvalue weighted by atomic mass is 10.2. The molecule has 1 N–H and O–H groups in total. The van der Waals surface area contributed by atoms with E-state index in [4.69, 9.17) is 5.11 Å². The van der Waals surface area contributed by atoms with Crippen LogP contribution < -0.4 is 0 Å². The fourth-order valence-corrected chi connectivity index (χ4v) is 2.17. The average Bonchev–Trinajstić information content (AvgIpc) is 3.02. The monoisotopic (exact) mass is 271 g/mol. The molecule has 1 aromatic carbocycles. The van der Waals surface area contributed by atoms with Crippen LogP contribution in [0.1, 0.15) is 15.9 Å². The van der Waals surface area contributed by atoms with Crippen LogP contribution in [-0.2, 0) is 20.0 Å². The van der Waals surface area contributed by atoms with E-state index >= 15 is 0 Å². The van der Waals surface area contributed by atoms with E-state index in [0.717, 1.165) is 17.5 Å². The van der Waals surface area contributed by atoms with Gasteiger partial charge in [0.05, 0.1) is 17.3 Å². The van der Waals surface area contributed by atoms with E-state index in [1.165, 1.54) is 6.07 Å². The number of aryl methyl sites for hydroxylation is 3. The van der Waals surface area contributed by atoms with Gasteiger partial charge in [-0.05, 0) is 24.1 Å². The second-order valence-electron chi connectivity index (χ2n) is 4.56. The maximum Gasteiger partial charge on any atom is 0.338 e. The molecular formula is C13H13N5O2. The number of rotatable bonds is 4. The first-order valence-corrected chi connectivity index (χ1v) is 6.18. The Labute approximate surface area is 114 Å². The Morgan fingerprint density at radius 3 is 2.95 bits per heavy atom. The summed E-state index contributed by atoms with van der Waals surface area (Å²) in [4.78, 5) is 11.1. The first-order chi connectivity index (χ1) is 9.65. The number of benzene rings is 1. The van der Waals surface area contributed by atoms with E-state index in [9.17, 15) is 4.79 Å². The van der Waals surface area contributed by atoms with Crippen molar-refractivity contribution in [2.45, 2.75) is 13.0 Å². The van der Waals surface area contributed by atoms with Gasteiger partial charge in [-0.15, -0.1) is 5.10 Å². The van der Waals surface area contributed by atoms with Gasteiger partial charge >= 0.3 is 5.97 Å². The van der Waals surface area contributed by atoms with Crippen molar-refractivity contribution in [1.29, 1.82) is 0 Å². The molecule has 0 aliphatic rings. The molecule has 0 aliphatic heterocycles. The highest BCUT2D eigenvalue weighted by atomic mass is 16.4. The van der Waals surface area contributed by atoms with Crippen LogP contribution in [0.5, 0.6) is 0 Å². The molecule has 0 saturated heterocycles. The molecule has 0 saturated carbocycles. The van der Waals surface area contributed by atoms with E-state index in [0.29, 0.717) is 12.1 Å². The van der Waals surface area contributed by atoms with Gasteiger partial charge < -0.3 is 5.11 Å². The zero-order chi connectivity index (χ0) is 14.1. The molecule has 2 heterocycles. The quantitative estimate of drug-likeness (QED) is 0.768. The minimum Gasteiger partial charge on any atom is -0.478 e. The molecule has 7 heteroatoms. The maximum absolute atomic E-state index is 11.1. The minimum absolute atomic E-state index is 0.176. The lowest BCUT2D eigenvalue weighted by Gasteiger charge is -2.01. The van der Waals surface area contributed by atoms with Crippen molar-refractivity contribution in [3.8, 4) is 0 Å². The Hall–Kier alpha value is -2.70. The molecular weight excluding hydrogens is 258 g/mol. The van der Waals surface area contributed by atoms with Crippen molar-refractivity contribution >= 4 is 17.0 Å². The average molecular weight is 271 g/mol. The molecule has 0 bridgehead atoms. The summed E-state index contributed by atoms with van der Waals surface area (Å²) in [5.41, 5.74) is 2.43. The van der Waals surface area contributed by atoms with Gasteiger partial charge in [0, 0.05) is 19.8 Å². The van der Waals surface area contributed by atoms with E-state index < -0.39 is 5.97 Å². The Morgan fingerprint density at radius 2 is 2.25 bits per heavy atom. The van der Waals surface area contributed by atoms with Crippen LogP contribution in [0.15, 0.2) is 30.6 Å². The number of aromatic nitrogens is 5. The molecule has 0 atom stereocenters. The number of nitrogens with zero attached hydrogens (tertiary/aromatic N) is 5. The van der Waals surface area contributed by atoms with Crippen molar-refractivity contribution < 1.29 is 9.90 Å². The molecule has 2 aromatic heterocycles. The summed E-state index contributed by atoms with van der Waals surface area (Å²) in [6, 6.07) is 5.06. The third-order valence-electron chi connectivity index (χ3n) is 3.15. The van der Waals surface area contributed by atoms with Crippen LogP contribution >= 0.6 is 0 Å². The van der Waals surface area contributed by atoms with Crippen molar-refractivity contribution in [3.63, 3.8) is 0 Å². The summed E-state index contributed by atoms with van der Waals surface area (Å²) >= 11 is 0. The number of carbonyl (C=O) groups is 1. The van der Waals surface area contributed by atoms with Crippen LogP contribution in [0.4, 0.5) is 0 Å². The molecule has 0 unspecified atom stereocenters. The van der Waals surface area contributed by atoms with Gasteiger partial charge in [-0.25, -0.2) is 9.48 Å². The molecule has 0 radical (unpaired) electrons. The van der Waals surface area contributed by atoms with Gasteiger partial charge in [0.25, 0.3) is 0 Å². The molecule has 0 spiro atoms. The SMILES string of the molecule is Cn1cc(CCn2nnc3c(C(=O)O)cccc32)cn1. The van der Waals surface area contributed by atoms with Gasteiger partial charge in [-0.2, -0.15) is 5.10 Å². The summed E-state index contributed by atoms with van der Waals surface area (Å²) in [5.74, 6) is -0.991. The fraction of sp³-hybridized carbons (Fsp3) is 0.231. The number of aromatic carboxylic acids is 1. The third-order valence-corrected chi connectivity index (χ3v) is 3.15. The molecule has 0 aliphatic carbocycles. The normalized spacial score (nSPS) is 11.1. The minimum atomic E-state index is -0.991. The highest BCUT2D eigenvalue weighted by Gasteiger charge is 2.13. The molecule has 20 heavy (non-hydrogen) atoms. The number of hydrogen-bond donors (Lipinski definition) is 1. The summed E-state index contributed by atoms with van der Waals surface area (Å²) < 4.78 is 3.46. The highest BCUT2D eigenvalue weighted by Crippen LogP contribution is 2.16. The first kappa shape index (κ1) is 12.3. The Bertz CT molecular complexity index is 774. The van der Waals surface area contributed by atoms with Crippen LogP contribution in [-0.4, -0.2) is 35.9 Å². The van der Waals surface area contributed by atoms with E-state index in [2.05, 4.69) is 15.4 Å². The number of carboxylic acids is 1. The summed E-state index contributed by atoms with van der Waals surface area (Å²) in [7, 11) is 1.87. The topological polar surface area (TPSA) is 85.8 Å². The Balaban J connectivity index is 1.89. The van der Waals surface area contributed by atoms with Gasteiger partial charge in [-0.1, -0.05) is 11.3 Å². The molecule has 0 fully saturated rings.